The van der Waals surface area contributed by atoms with Crippen LogP contribution in [0.25, 0.3) is 12.2 Å². The predicted octanol–water partition coefficient (Wildman–Crippen LogP) is 0.846. The number of hydrogen-bond donors (Lipinski definition) is 0. The van der Waals surface area contributed by atoms with Crippen molar-refractivity contribution >= 4 is 18.4 Å². The Bertz CT molecular complexity index is 395. The lowest BCUT2D eigenvalue weighted by Gasteiger charge is -1.89. The van der Waals surface area contributed by atoms with Crippen LogP contribution in [-0.2, 0) is 0 Å². The number of fused-ring (bicyclic) bond motifs is 1. The predicted molar refractivity (Wildman–Crippen MR) is 52.3 cm³/mol. The Morgan fingerprint density at radius 3 is 2.50 bits per heavy atom. The molecule has 0 N–H and O–H groups in total. The summed E-state index contributed by atoms with van der Waals surface area (Å²) < 4.78 is 0. The quantitative estimate of drug-likeness (QED) is 0.526. The van der Waals surface area contributed by atoms with E-state index in [9.17, 15) is 0 Å². The second-order valence-electron chi connectivity index (χ2n) is 2.60. The maximum absolute atomic E-state index is 4.04. The van der Waals surface area contributed by atoms with E-state index in [0.717, 1.165) is 0 Å². The maximum atomic E-state index is 4.04. The number of benzene rings is 1. The number of aliphatic imine (C=N–C) groups is 1. The highest BCUT2D eigenvalue weighted by Crippen LogP contribution is 1.80. The van der Waals surface area contributed by atoms with Crippen molar-refractivity contribution in [1.82, 2.24) is 0 Å². The van der Waals surface area contributed by atoms with E-state index in [0.29, 0.717) is 0 Å². The highest BCUT2D eigenvalue weighted by molar-refractivity contribution is 5.91. The largest absolute Gasteiger partial charge is 0.265 e. The maximum Gasteiger partial charge on any atom is 0.0273 e. The molecule has 0 fully saturated rings. The molecule has 12 heavy (non-hydrogen) atoms. The summed E-state index contributed by atoms with van der Waals surface area (Å²) in [6.07, 6.45) is 9.61. The normalized spacial score (nSPS) is 13.7. The molecule has 0 amide bonds. The van der Waals surface area contributed by atoms with Crippen molar-refractivity contribution in [3.05, 3.63) is 47.0 Å². The molecule has 1 aliphatic rings. The van der Waals surface area contributed by atoms with Crippen molar-refractivity contribution < 1.29 is 0 Å². The highest BCUT2D eigenvalue weighted by atomic mass is 14.6. The van der Waals surface area contributed by atoms with E-state index in [2.05, 4.69) is 23.2 Å². The second-order valence-corrected chi connectivity index (χ2v) is 2.60. The van der Waals surface area contributed by atoms with Gasteiger partial charge in [-0.3, -0.25) is 4.99 Å². The lowest BCUT2D eigenvalue weighted by atomic mass is 10.2. The summed E-state index contributed by atoms with van der Waals surface area (Å²) in [6, 6.07) is 8.24. The van der Waals surface area contributed by atoms with E-state index in [1.54, 1.807) is 6.20 Å². The van der Waals surface area contributed by atoms with Crippen LogP contribution in [0.1, 0.15) is 0 Å². The summed E-state index contributed by atoms with van der Waals surface area (Å²) in [5.74, 6) is 0. The molecule has 1 aliphatic heterocycles. The van der Waals surface area contributed by atoms with Gasteiger partial charge in [-0.1, -0.05) is 30.3 Å². The van der Waals surface area contributed by atoms with Gasteiger partial charge in [-0.25, -0.2) is 0 Å². The lowest BCUT2D eigenvalue weighted by Crippen LogP contribution is -2.23. The zero-order chi connectivity index (χ0) is 8.23. The Morgan fingerprint density at radius 1 is 0.917 bits per heavy atom. The van der Waals surface area contributed by atoms with Crippen LogP contribution < -0.4 is 10.4 Å². The van der Waals surface area contributed by atoms with Gasteiger partial charge in [-0.15, -0.1) is 0 Å². The van der Waals surface area contributed by atoms with Gasteiger partial charge < -0.3 is 0 Å². The van der Waals surface area contributed by atoms with Crippen LogP contribution in [0.3, 0.4) is 0 Å². The van der Waals surface area contributed by atoms with E-state index in [4.69, 9.17) is 0 Å². The van der Waals surface area contributed by atoms with Crippen molar-refractivity contribution in [3.8, 4) is 0 Å². The Labute approximate surface area is 71.1 Å². The Balaban J connectivity index is 2.80. The Morgan fingerprint density at radius 2 is 1.67 bits per heavy atom. The molecule has 0 saturated heterocycles. The smallest absolute Gasteiger partial charge is 0.0273 e. The summed E-state index contributed by atoms with van der Waals surface area (Å²) in [4.78, 5) is 4.04. The van der Waals surface area contributed by atoms with E-state index < -0.39 is 0 Å². The van der Waals surface area contributed by atoms with Crippen LogP contribution in [0.15, 0.2) is 41.5 Å². The molecule has 0 unspecified atom stereocenters. The Hall–Kier alpha value is -1.63. The molecule has 58 valence electrons. The summed E-state index contributed by atoms with van der Waals surface area (Å²) in [6.45, 7) is 0. The van der Waals surface area contributed by atoms with Crippen LogP contribution in [0.2, 0.25) is 0 Å². The van der Waals surface area contributed by atoms with Crippen molar-refractivity contribution in [3.63, 3.8) is 0 Å². The first-order valence-corrected chi connectivity index (χ1v) is 3.92. The molecule has 0 saturated carbocycles. The minimum atomic E-state index is 1.21. The average Bonchev–Trinajstić information content (AvgIpc) is 2.06. The third-order valence-corrected chi connectivity index (χ3v) is 1.78. The van der Waals surface area contributed by atoms with E-state index >= 15 is 0 Å². The first-order valence-electron chi connectivity index (χ1n) is 3.92. The van der Waals surface area contributed by atoms with Gasteiger partial charge >= 0.3 is 0 Å². The minimum Gasteiger partial charge on any atom is -0.265 e. The number of rotatable bonds is 0. The van der Waals surface area contributed by atoms with E-state index in [1.165, 1.54) is 10.4 Å². The molecule has 1 aromatic carbocycles. The minimum absolute atomic E-state index is 1.21. The van der Waals surface area contributed by atoms with Crippen molar-refractivity contribution in [2.75, 3.05) is 0 Å². The fraction of sp³-hybridized carbons (Fsp3) is 0. The zero-order valence-corrected chi connectivity index (χ0v) is 6.64. The topological polar surface area (TPSA) is 12.4 Å². The van der Waals surface area contributed by atoms with Gasteiger partial charge in [0.05, 0.1) is 0 Å². The molecule has 0 atom stereocenters. The number of allylic oxidation sites excluding steroid dienone is 1. The second kappa shape index (κ2) is 3.18. The van der Waals surface area contributed by atoms with Gasteiger partial charge in [-0.2, -0.15) is 0 Å². The third-order valence-electron chi connectivity index (χ3n) is 1.78. The molecule has 0 spiro atoms. The van der Waals surface area contributed by atoms with Crippen molar-refractivity contribution in [2.24, 2.45) is 4.99 Å². The van der Waals surface area contributed by atoms with Crippen LogP contribution in [0.4, 0.5) is 0 Å². The van der Waals surface area contributed by atoms with E-state index in [-0.39, 0.29) is 0 Å². The molecule has 1 heteroatoms. The Kier molecular flexibility index (Phi) is 1.87. The summed E-state index contributed by atoms with van der Waals surface area (Å²) in [5, 5.41) is 2.45. The van der Waals surface area contributed by atoms with E-state index in [1.807, 2.05) is 30.5 Å². The summed E-state index contributed by atoms with van der Waals surface area (Å²) in [7, 11) is 0. The van der Waals surface area contributed by atoms with Gasteiger partial charge in [0.1, 0.15) is 0 Å². The summed E-state index contributed by atoms with van der Waals surface area (Å²) in [5.41, 5.74) is 0. The molecule has 1 aromatic rings. The molecule has 2 rings (SSSR count). The van der Waals surface area contributed by atoms with Crippen LogP contribution >= 0.6 is 0 Å². The standard InChI is InChI=1S/C11H9N/c1-2-5-11-7-9-12-8-3-6-10(11)4-1/h1-9H. The van der Waals surface area contributed by atoms with Crippen LogP contribution in [-0.4, -0.2) is 6.21 Å². The molecular weight excluding hydrogens is 146 g/mol. The monoisotopic (exact) mass is 155 g/mol. The fourth-order valence-electron chi connectivity index (χ4n) is 1.18. The fourth-order valence-corrected chi connectivity index (χ4v) is 1.18. The molecule has 0 radical (unpaired) electrons. The molecule has 0 aromatic heterocycles. The van der Waals surface area contributed by atoms with Crippen molar-refractivity contribution in [2.45, 2.75) is 0 Å². The number of hydrogen-bond acceptors (Lipinski definition) is 1. The highest BCUT2D eigenvalue weighted by Gasteiger charge is 1.82. The average molecular weight is 155 g/mol. The van der Waals surface area contributed by atoms with Crippen molar-refractivity contribution in [1.29, 1.82) is 0 Å². The first-order chi connectivity index (χ1) is 5.97. The third kappa shape index (κ3) is 1.35. The molecular formula is C11H9N. The summed E-state index contributed by atoms with van der Waals surface area (Å²) >= 11 is 0. The van der Waals surface area contributed by atoms with Gasteiger partial charge in [0.2, 0.25) is 0 Å². The van der Waals surface area contributed by atoms with Gasteiger partial charge in [0, 0.05) is 12.4 Å². The molecule has 1 heterocycles. The number of nitrogens with zero attached hydrogens (tertiary/aromatic N) is 1. The van der Waals surface area contributed by atoms with Gasteiger partial charge in [-0.05, 0) is 22.6 Å². The lowest BCUT2D eigenvalue weighted by molar-refractivity contribution is 1.51. The van der Waals surface area contributed by atoms with Crippen LogP contribution in [0, 0.1) is 0 Å². The van der Waals surface area contributed by atoms with Gasteiger partial charge in [0.15, 0.2) is 0 Å². The zero-order valence-electron chi connectivity index (χ0n) is 6.64. The SMILES string of the molecule is C1=CN=CC=c2ccccc2=C1. The molecule has 1 nitrogen and oxygen atoms in total. The van der Waals surface area contributed by atoms with Gasteiger partial charge in [0.25, 0.3) is 0 Å². The molecule has 0 aliphatic carbocycles. The first kappa shape index (κ1) is 7.04. The van der Waals surface area contributed by atoms with Crippen LogP contribution in [0.5, 0.6) is 0 Å². The molecule has 0 bridgehead atoms.